The summed E-state index contributed by atoms with van der Waals surface area (Å²) in [4.78, 5) is 44.3. The fourth-order valence-electron chi connectivity index (χ4n) is 2.72. The maximum atomic E-state index is 12.9. The highest BCUT2D eigenvalue weighted by Gasteiger charge is 2.16. The zero-order chi connectivity index (χ0) is 20.8. The number of thiophene rings is 1. The Kier molecular flexibility index (Phi) is 7.05. The third kappa shape index (κ3) is 5.24. The first-order chi connectivity index (χ1) is 14.0. The number of nitrogens with zero attached hydrogens (tertiary/aromatic N) is 3. The minimum Gasteiger partial charge on any atom is -0.469 e. The van der Waals surface area contributed by atoms with Crippen LogP contribution in [0.2, 0.25) is 0 Å². The second-order valence-corrected chi connectivity index (χ2v) is 8.29. The second-order valence-electron chi connectivity index (χ2n) is 6.31. The van der Waals surface area contributed by atoms with E-state index in [4.69, 9.17) is 0 Å². The van der Waals surface area contributed by atoms with Gasteiger partial charge in [0.2, 0.25) is 5.91 Å². The Hall–Kier alpha value is -2.65. The average Bonchev–Trinajstić information content (AvgIpc) is 3.24. The van der Waals surface area contributed by atoms with Crippen molar-refractivity contribution in [3.05, 3.63) is 57.0 Å². The fourth-order valence-corrected chi connectivity index (χ4v) is 4.44. The fraction of sp³-hybridized carbons (Fsp3) is 0.300. The zero-order valence-electron chi connectivity index (χ0n) is 16.2. The van der Waals surface area contributed by atoms with E-state index in [1.165, 1.54) is 23.4 Å². The maximum Gasteiger partial charge on any atom is 0.307 e. The van der Waals surface area contributed by atoms with E-state index < -0.39 is 5.97 Å². The highest BCUT2D eigenvalue weighted by atomic mass is 32.2. The van der Waals surface area contributed by atoms with Crippen LogP contribution in [0.4, 0.5) is 0 Å². The molecule has 0 unspecified atom stereocenters. The Labute approximate surface area is 176 Å². The van der Waals surface area contributed by atoms with Crippen LogP contribution < -0.4 is 5.56 Å². The van der Waals surface area contributed by atoms with Crippen LogP contribution in [0.5, 0.6) is 0 Å². The molecule has 0 aliphatic carbocycles. The summed E-state index contributed by atoms with van der Waals surface area (Å²) in [5, 5.41) is 2.86. The molecule has 0 aliphatic heterocycles. The Morgan fingerprint density at radius 3 is 2.76 bits per heavy atom. The SMILES string of the molecule is COC(=O)CCn1c(SCC(=O)N(C)Cc2cccs2)nc2ccccc2c1=O. The standard InChI is InChI=1S/C20H21N3O4S2/c1-22(12-14-6-5-11-28-14)17(24)13-29-20-21-16-8-4-3-7-15(16)19(26)23(20)10-9-18(25)27-2/h3-8,11H,9-10,12-13H2,1-2H3. The molecule has 0 atom stereocenters. The number of methoxy groups -OCH3 is 1. The molecule has 0 fully saturated rings. The van der Waals surface area contributed by atoms with Crippen molar-refractivity contribution in [2.24, 2.45) is 0 Å². The van der Waals surface area contributed by atoms with Crippen LogP contribution in [0.15, 0.2) is 51.7 Å². The van der Waals surface area contributed by atoms with Crippen molar-refractivity contribution in [2.75, 3.05) is 19.9 Å². The first-order valence-electron chi connectivity index (χ1n) is 8.95. The molecule has 0 radical (unpaired) electrons. The summed E-state index contributed by atoms with van der Waals surface area (Å²) < 4.78 is 6.12. The van der Waals surface area contributed by atoms with Crippen LogP contribution in [0.25, 0.3) is 10.9 Å². The lowest BCUT2D eigenvalue weighted by Gasteiger charge is -2.17. The Morgan fingerprint density at radius 2 is 2.03 bits per heavy atom. The van der Waals surface area contributed by atoms with Crippen molar-refractivity contribution in [3.63, 3.8) is 0 Å². The lowest BCUT2D eigenvalue weighted by atomic mass is 10.2. The van der Waals surface area contributed by atoms with Crippen LogP contribution in [0, 0.1) is 0 Å². The molecule has 0 N–H and O–H groups in total. The highest BCUT2D eigenvalue weighted by Crippen LogP contribution is 2.19. The number of hydrogen-bond donors (Lipinski definition) is 0. The van der Waals surface area contributed by atoms with Crippen molar-refractivity contribution < 1.29 is 14.3 Å². The van der Waals surface area contributed by atoms with E-state index in [9.17, 15) is 14.4 Å². The normalized spacial score (nSPS) is 10.8. The molecule has 7 nitrogen and oxygen atoms in total. The Morgan fingerprint density at radius 1 is 1.24 bits per heavy atom. The number of thioether (sulfide) groups is 1. The van der Waals surface area contributed by atoms with Crippen LogP contribution in [-0.2, 0) is 27.4 Å². The van der Waals surface area contributed by atoms with Gasteiger partial charge in [-0.15, -0.1) is 11.3 Å². The summed E-state index contributed by atoms with van der Waals surface area (Å²) in [6.07, 6.45) is 0.0518. The molecule has 0 saturated carbocycles. The quantitative estimate of drug-likeness (QED) is 0.310. The summed E-state index contributed by atoms with van der Waals surface area (Å²) in [5.74, 6) is -0.330. The van der Waals surface area contributed by atoms with Gasteiger partial charge in [0.15, 0.2) is 5.16 Å². The largest absolute Gasteiger partial charge is 0.469 e. The molecule has 0 aliphatic rings. The van der Waals surface area contributed by atoms with Crippen molar-refractivity contribution in [2.45, 2.75) is 24.7 Å². The van der Waals surface area contributed by atoms with Crippen LogP contribution in [-0.4, -0.2) is 46.2 Å². The topological polar surface area (TPSA) is 81.5 Å². The van der Waals surface area contributed by atoms with Gasteiger partial charge in [-0.3, -0.25) is 19.0 Å². The highest BCUT2D eigenvalue weighted by molar-refractivity contribution is 7.99. The summed E-state index contributed by atoms with van der Waals surface area (Å²) in [5.41, 5.74) is 0.329. The van der Waals surface area contributed by atoms with Gasteiger partial charge in [0.1, 0.15) is 0 Å². The molecule has 0 saturated heterocycles. The molecule has 2 heterocycles. The zero-order valence-corrected chi connectivity index (χ0v) is 17.8. The number of carbonyl (C=O) groups is 2. The number of hydrogen-bond acceptors (Lipinski definition) is 7. The van der Waals surface area contributed by atoms with E-state index in [0.717, 1.165) is 4.88 Å². The van der Waals surface area contributed by atoms with E-state index in [1.807, 2.05) is 23.6 Å². The molecule has 3 rings (SSSR count). The van der Waals surface area contributed by atoms with Gasteiger partial charge in [0.05, 0.1) is 36.7 Å². The van der Waals surface area contributed by atoms with Gasteiger partial charge in [0.25, 0.3) is 5.56 Å². The minimum absolute atomic E-state index is 0.0518. The molecule has 29 heavy (non-hydrogen) atoms. The van der Waals surface area contributed by atoms with E-state index in [0.29, 0.717) is 22.6 Å². The molecule has 1 aromatic carbocycles. The summed E-state index contributed by atoms with van der Waals surface area (Å²) in [6.45, 7) is 0.683. The number of fused-ring (bicyclic) bond motifs is 1. The second kappa shape index (κ2) is 9.71. The smallest absolute Gasteiger partial charge is 0.307 e. The molecule has 1 amide bonds. The predicted molar refractivity (Wildman–Crippen MR) is 114 cm³/mol. The van der Waals surface area contributed by atoms with Gasteiger partial charge in [-0.25, -0.2) is 4.98 Å². The van der Waals surface area contributed by atoms with Crippen molar-refractivity contribution in [1.29, 1.82) is 0 Å². The van der Waals surface area contributed by atoms with E-state index in [-0.39, 0.29) is 30.2 Å². The van der Waals surface area contributed by atoms with E-state index in [2.05, 4.69) is 9.72 Å². The van der Waals surface area contributed by atoms with Gasteiger partial charge in [0, 0.05) is 18.5 Å². The first-order valence-corrected chi connectivity index (χ1v) is 10.8. The van der Waals surface area contributed by atoms with Gasteiger partial charge in [-0.05, 0) is 23.6 Å². The van der Waals surface area contributed by atoms with Gasteiger partial charge >= 0.3 is 5.97 Å². The molecule has 0 spiro atoms. The number of ether oxygens (including phenoxy) is 1. The van der Waals surface area contributed by atoms with E-state index >= 15 is 0 Å². The monoisotopic (exact) mass is 431 g/mol. The lowest BCUT2D eigenvalue weighted by molar-refractivity contribution is -0.140. The lowest BCUT2D eigenvalue weighted by Crippen LogP contribution is -2.29. The molecule has 3 aromatic rings. The number of benzene rings is 1. The summed E-state index contributed by atoms with van der Waals surface area (Å²) in [6, 6.07) is 11.0. The Balaban J connectivity index is 1.80. The number of rotatable bonds is 8. The minimum atomic E-state index is -0.409. The predicted octanol–water partition coefficient (Wildman–Crippen LogP) is 2.77. The number of para-hydroxylation sites is 1. The molecule has 152 valence electrons. The van der Waals surface area contributed by atoms with Gasteiger partial charge in [-0.2, -0.15) is 0 Å². The van der Waals surface area contributed by atoms with Crippen molar-refractivity contribution in [3.8, 4) is 0 Å². The number of esters is 1. The summed E-state index contributed by atoms with van der Waals surface area (Å²) >= 11 is 2.79. The Bertz CT molecular complexity index is 1060. The van der Waals surface area contributed by atoms with Crippen molar-refractivity contribution >= 4 is 45.9 Å². The van der Waals surface area contributed by atoms with E-state index in [1.54, 1.807) is 41.5 Å². The molecule has 0 bridgehead atoms. The van der Waals surface area contributed by atoms with Crippen LogP contribution in [0.3, 0.4) is 0 Å². The molecular formula is C20H21N3O4S2. The maximum absolute atomic E-state index is 12.9. The third-order valence-corrected chi connectivity index (χ3v) is 6.14. The van der Waals surface area contributed by atoms with Crippen LogP contribution in [0.1, 0.15) is 11.3 Å². The first kappa shape index (κ1) is 21.1. The third-order valence-electron chi connectivity index (χ3n) is 4.32. The van der Waals surface area contributed by atoms with Crippen molar-refractivity contribution in [1.82, 2.24) is 14.5 Å². The number of amides is 1. The van der Waals surface area contributed by atoms with Crippen LogP contribution >= 0.6 is 23.1 Å². The average molecular weight is 432 g/mol. The number of carbonyl (C=O) groups excluding carboxylic acids is 2. The molecule has 9 heteroatoms. The summed E-state index contributed by atoms with van der Waals surface area (Å²) in [7, 11) is 3.06. The number of aromatic nitrogens is 2. The van der Waals surface area contributed by atoms with Gasteiger partial charge < -0.3 is 9.64 Å². The van der Waals surface area contributed by atoms with Gasteiger partial charge in [-0.1, -0.05) is 30.0 Å². The molecular weight excluding hydrogens is 410 g/mol. The molecule has 2 aromatic heterocycles.